The molecule has 1 aromatic rings. The van der Waals surface area contributed by atoms with E-state index in [-0.39, 0.29) is 0 Å². The lowest BCUT2D eigenvalue weighted by atomic mass is 10.1. The summed E-state index contributed by atoms with van der Waals surface area (Å²) < 4.78 is 10.5. The minimum Gasteiger partial charge on any atom is -0.385 e. The number of ether oxygens (including phenoxy) is 2. The maximum absolute atomic E-state index is 5.39. The van der Waals surface area contributed by atoms with Crippen LogP contribution in [0.5, 0.6) is 0 Å². The summed E-state index contributed by atoms with van der Waals surface area (Å²) in [5.41, 5.74) is 3.80. The Kier molecular flexibility index (Phi) is 3.80. The van der Waals surface area contributed by atoms with Gasteiger partial charge in [-0.15, -0.1) is 0 Å². The van der Waals surface area contributed by atoms with E-state index in [1.165, 1.54) is 16.8 Å². The Morgan fingerprint density at radius 3 is 3.00 bits per heavy atom. The molecule has 0 amide bonds. The second kappa shape index (κ2) is 5.32. The number of anilines is 1. The first-order valence-corrected chi connectivity index (χ1v) is 5.74. The maximum Gasteiger partial charge on any atom is 0.0725 e. The zero-order valence-corrected chi connectivity index (χ0v) is 9.95. The van der Waals surface area contributed by atoms with Gasteiger partial charge in [0.1, 0.15) is 0 Å². The van der Waals surface area contributed by atoms with Crippen molar-refractivity contribution in [2.45, 2.75) is 32.6 Å². The van der Waals surface area contributed by atoms with Crippen LogP contribution in [0.4, 0.5) is 5.69 Å². The van der Waals surface area contributed by atoms with Gasteiger partial charge < -0.3 is 14.8 Å². The Labute approximate surface area is 96.8 Å². The average Bonchev–Trinajstić information content (AvgIpc) is 2.73. The molecule has 0 saturated carbocycles. The second-order valence-corrected chi connectivity index (χ2v) is 4.30. The van der Waals surface area contributed by atoms with Crippen molar-refractivity contribution in [2.75, 3.05) is 19.0 Å². The molecule has 1 N–H and O–H groups in total. The fraction of sp³-hybridized carbons (Fsp3) is 0.538. The Bertz CT molecular complexity index is 352. The van der Waals surface area contributed by atoms with E-state index < -0.39 is 0 Å². The fourth-order valence-electron chi connectivity index (χ4n) is 1.91. The highest BCUT2D eigenvalue weighted by molar-refractivity contribution is 5.49. The van der Waals surface area contributed by atoms with Crippen LogP contribution in [0.3, 0.4) is 0 Å². The number of hydrogen-bond donors (Lipinski definition) is 1. The molecule has 1 aromatic carbocycles. The van der Waals surface area contributed by atoms with Crippen LogP contribution in [0, 0.1) is 0 Å². The summed E-state index contributed by atoms with van der Waals surface area (Å²) in [7, 11) is 1.74. The molecule has 1 unspecified atom stereocenters. The number of rotatable bonds is 5. The number of hydrogen-bond acceptors (Lipinski definition) is 3. The van der Waals surface area contributed by atoms with E-state index >= 15 is 0 Å². The molecule has 1 aliphatic heterocycles. The fourth-order valence-corrected chi connectivity index (χ4v) is 1.91. The molecule has 3 nitrogen and oxygen atoms in total. The number of benzene rings is 1. The van der Waals surface area contributed by atoms with Crippen LogP contribution >= 0.6 is 0 Å². The van der Waals surface area contributed by atoms with Crippen molar-refractivity contribution in [3.05, 3.63) is 29.3 Å². The molecule has 88 valence electrons. The van der Waals surface area contributed by atoms with E-state index in [1.54, 1.807) is 7.11 Å². The van der Waals surface area contributed by atoms with Gasteiger partial charge in [-0.3, -0.25) is 0 Å². The molecule has 1 atom stereocenters. The highest BCUT2D eigenvalue weighted by Gasteiger charge is 2.11. The van der Waals surface area contributed by atoms with Gasteiger partial charge in [-0.05, 0) is 36.6 Å². The van der Waals surface area contributed by atoms with E-state index in [4.69, 9.17) is 9.47 Å². The zero-order chi connectivity index (χ0) is 11.4. The van der Waals surface area contributed by atoms with Crippen LogP contribution in [0.25, 0.3) is 0 Å². The summed E-state index contributed by atoms with van der Waals surface area (Å²) in [5.74, 6) is 0. The summed E-state index contributed by atoms with van der Waals surface area (Å²) >= 11 is 0. The number of methoxy groups -OCH3 is 1. The topological polar surface area (TPSA) is 30.5 Å². The SMILES string of the molecule is COCCC(C)Nc1ccc2c(c1)COC2. The molecule has 0 aromatic heterocycles. The Hall–Kier alpha value is -1.06. The minimum atomic E-state index is 0.431. The normalized spacial score (nSPS) is 15.9. The van der Waals surface area contributed by atoms with Gasteiger partial charge in [0.05, 0.1) is 13.2 Å². The summed E-state index contributed by atoms with van der Waals surface area (Å²) in [6.07, 6.45) is 1.02. The lowest BCUT2D eigenvalue weighted by Crippen LogP contribution is -2.17. The van der Waals surface area contributed by atoms with Crippen LogP contribution in [0.2, 0.25) is 0 Å². The van der Waals surface area contributed by atoms with Crippen LogP contribution < -0.4 is 5.32 Å². The lowest BCUT2D eigenvalue weighted by molar-refractivity contribution is 0.134. The number of nitrogens with one attached hydrogen (secondary N) is 1. The van der Waals surface area contributed by atoms with E-state index in [2.05, 4.69) is 30.4 Å². The smallest absolute Gasteiger partial charge is 0.0725 e. The molecule has 0 aliphatic carbocycles. The van der Waals surface area contributed by atoms with Gasteiger partial charge in [0.15, 0.2) is 0 Å². The van der Waals surface area contributed by atoms with Crippen molar-refractivity contribution in [1.82, 2.24) is 0 Å². The lowest BCUT2D eigenvalue weighted by Gasteiger charge is -2.15. The second-order valence-electron chi connectivity index (χ2n) is 4.30. The summed E-state index contributed by atoms with van der Waals surface area (Å²) in [6, 6.07) is 6.89. The molecule has 0 bridgehead atoms. The van der Waals surface area contributed by atoms with Crippen LogP contribution in [0.15, 0.2) is 18.2 Å². The Balaban J connectivity index is 1.94. The van der Waals surface area contributed by atoms with Crippen molar-refractivity contribution in [3.63, 3.8) is 0 Å². The molecule has 0 fully saturated rings. The van der Waals surface area contributed by atoms with Gasteiger partial charge >= 0.3 is 0 Å². The van der Waals surface area contributed by atoms with Crippen molar-refractivity contribution in [2.24, 2.45) is 0 Å². The highest BCUT2D eigenvalue weighted by Crippen LogP contribution is 2.23. The van der Waals surface area contributed by atoms with Crippen molar-refractivity contribution in [1.29, 1.82) is 0 Å². The maximum atomic E-state index is 5.39. The first-order chi connectivity index (χ1) is 7.79. The van der Waals surface area contributed by atoms with Gasteiger partial charge in [-0.25, -0.2) is 0 Å². The number of fused-ring (bicyclic) bond motifs is 1. The quantitative estimate of drug-likeness (QED) is 0.829. The third-order valence-corrected chi connectivity index (χ3v) is 2.89. The van der Waals surface area contributed by atoms with Gasteiger partial charge in [0, 0.05) is 25.4 Å². The molecule has 3 heteroatoms. The van der Waals surface area contributed by atoms with Crippen molar-refractivity contribution in [3.8, 4) is 0 Å². The predicted octanol–water partition coefficient (Wildman–Crippen LogP) is 2.55. The van der Waals surface area contributed by atoms with Crippen LogP contribution in [0.1, 0.15) is 24.5 Å². The van der Waals surface area contributed by atoms with Crippen LogP contribution in [-0.4, -0.2) is 19.8 Å². The largest absolute Gasteiger partial charge is 0.385 e. The van der Waals surface area contributed by atoms with E-state index in [1.807, 2.05) is 0 Å². The summed E-state index contributed by atoms with van der Waals surface area (Å²) in [5, 5.41) is 3.47. The standard InChI is InChI=1S/C13H19NO2/c1-10(5-6-15-2)14-13-4-3-11-8-16-9-12(11)7-13/h3-4,7,10,14H,5-6,8-9H2,1-2H3. The van der Waals surface area contributed by atoms with Crippen molar-refractivity contribution >= 4 is 5.69 Å². The molecular formula is C13H19NO2. The molecular weight excluding hydrogens is 202 g/mol. The first-order valence-electron chi connectivity index (χ1n) is 5.74. The van der Waals surface area contributed by atoms with E-state index in [0.29, 0.717) is 6.04 Å². The molecule has 2 rings (SSSR count). The van der Waals surface area contributed by atoms with E-state index in [9.17, 15) is 0 Å². The first kappa shape index (κ1) is 11.4. The third-order valence-electron chi connectivity index (χ3n) is 2.89. The van der Waals surface area contributed by atoms with Gasteiger partial charge in [0.25, 0.3) is 0 Å². The zero-order valence-electron chi connectivity index (χ0n) is 9.95. The van der Waals surface area contributed by atoms with Gasteiger partial charge in [-0.2, -0.15) is 0 Å². The van der Waals surface area contributed by atoms with Crippen LogP contribution in [-0.2, 0) is 22.7 Å². The van der Waals surface area contributed by atoms with Gasteiger partial charge in [-0.1, -0.05) is 6.07 Å². The molecule has 1 aliphatic rings. The minimum absolute atomic E-state index is 0.431. The average molecular weight is 221 g/mol. The monoisotopic (exact) mass is 221 g/mol. The molecule has 0 saturated heterocycles. The molecule has 0 radical (unpaired) electrons. The summed E-state index contributed by atoms with van der Waals surface area (Å²) in [6.45, 7) is 4.47. The van der Waals surface area contributed by atoms with E-state index in [0.717, 1.165) is 26.2 Å². The highest BCUT2D eigenvalue weighted by atomic mass is 16.5. The summed E-state index contributed by atoms with van der Waals surface area (Å²) in [4.78, 5) is 0. The predicted molar refractivity (Wildman–Crippen MR) is 64.5 cm³/mol. The third kappa shape index (κ3) is 2.74. The van der Waals surface area contributed by atoms with Crippen molar-refractivity contribution < 1.29 is 9.47 Å². The Morgan fingerprint density at radius 2 is 2.19 bits per heavy atom. The van der Waals surface area contributed by atoms with Gasteiger partial charge in [0.2, 0.25) is 0 Å². The Morgan fingerprint density at radius 1 is 1.38 bits per heavy atom. The molecule has 0 spiro atoms. The molecule has 16 heavy (non-hydrogen) atoms. The molecule has 1 heterocycles.